The number of amides is 2. The molecule has 2 N–H and O–H groups in total. The predicted octanol–water partition coefficient (Wildman–Crippen LogP) is 3.27. The summed E-state index contributed by atoms with van der Waals surface area (Å²) in [5.41, 5.74) is 1.17. The van der Waals surface area contributed by atoms with Crippen LogP contribution < -0.4 is 15.5 Å². The lowest BCUT2D eigenvalue weighted by molar-refractivity contribution is 0.196. The summed E-state index contributed by atoms with van der Waals surface area (Å²) in [5.74, 6) is 0.447. The molecule has 160 valence electrons. The van der Waals surface area contributed by atoms with E-state index in [0.29, 0.717) is 37.4 Å². The highest BCUT2D eigenvalue weighted by atomic mass is 32.1. The molecule has 0 aliphatic carbocycles. The van der Waals surface area contributed by atoms with E-state index in [2.05, 4.69) is 36.3 Å². The second-order valence-corrected chi connectivity index (χ2v) is 9.24. The Hall–Kier alpha value is -2.88. The van der Waals surface area contributed by atoms with E-state index in [-0.39, 0.29) is 17.4 Å². The number of nitrogens with one attached hydrogen (secondary N) is 2. The first-order valence-corrected chi connectivity index (χ1v) is 10.7. The molecule has 1 aliphatic rings. The van der Waals surface area contributed by atoms with Gasteiger partial charge in [0.1, 0.15) is 11.5 Å². The fraction of sp³-hybridized carbons (Fsp3) is 0.450. The molecule has 0 unspecified atom stereocenters. The van der Waals surface area contributed by atoms with Gasteiger partial charge in [-0.15, -0.1) is 5.10 Å². The molecule has 1 aliphatic heterocycles. The van der Waals surface area contributed by atoms with Gasteiger partial charge >= 0.3 is 6.03 Å². The summed E-state index contributed by atoms with van der Waals surface area (Å²) in [6.45, 7) is 8.89. The third kappa shape index (κ3) is 4.04. The summed E-state index contributed by atoms with van der Waals surface area (Å²) in [6.07, 6.45) is 0. The van der Waals surface area contributed by atoms with Crippen LogP contribution in [0.4, 0.5) is 20.1 Å². The molecule has 1 fully saturated rings. The molecule has 0 radical (unpaired) electrons. The number of urea groups is 1. The Morgan fingerprint density at radius 1 is 1.20 bits per heavy atom. The number of aromatic nitrogens is 3. The quantitative estimate of drug-likeness (QED) is 0.666. The number of fused-ring (bicyclic) bond motifs is 1. The van der Waals surface area contributed by atoms with Crippen LogP contribution in [0.5, 0.6) is 0 Å². The van der Waals surface area contributed by atoms with Crippen molar-refractivity contribution in [1.82, 2.24) is 24.8 Å². The second-order valence-electron chi connectivity index (χ2n) is 8.30. The molecule has 0 bridgehead atoms. The minimum atomic E-state index is -0.298. The number of hydrogen-bond donors (Lipinski definition) is 2. The fourth-order valence-electron chi connectivity index (χ4n) is 3.43. The molecular weight excluding hydrogens is 405 g/mol. The van der Waals surface area contributed by atoms with E-state index in [9.17, 15) is 9.18 Å². The zero-order chi connectivity index (χ0) is 21.5. The van der Waals surface area contributed by atoms with Crippen molar-refractivity contribution in [3.8, 4) is 11.3 Å². The van der Waals surface area contributed by atoms with Gasteiger partial charge in [-0.3, -0.25) is 0 Å². The van der Waals surface area contributed by atoms with Crippen LogP contribution in [0.3, 0.4) is 0 Å². The Balaban J connectivity index is 1.67. The van der Waals surface area contributed by atoms with Crippen molar-refractivity contribution in [2.75, 3.05) is 43.4 Å². The van der Waals surface area contributed by atoms with Gasteiger partial charge in [-0.1, -0.05) is 23.5 Å². The average molecular weight is 432 g/mol. The van der Waals surface area contributed by atoms with Gasteiger partial charge in [0.15, 0.2) is 5.82 Å². The monoisotopic (exact) mass is 431 g/mol. The summed E-state index contributed by atoms with van der Waals surface area (Å²) in [6, 6.07) is 6.39. The Kier molecular flexibility index (Phi) is 5.27. The van der Waals surface area contributed by atoms with E-state index >= 15 is 0 Å². The smallest absolute Gasteiger partial charge is 0.317 e. The molecule has 8 nitrogen and oxygen atoms in total. The summed E-state index contributed by atoms with van der Waals surface area (Å²) >= 11 is 1.49. The number of nitrogens with zero attached hydrogens (tertiary/aromatic N) is 5. The standard InChI is InChI=1S/C20H26FN7OS/c1-20(2,3)24-16-15(13-6-5-7-14(21)12-13)23-18-28(16)25-19(30-18)27-10-8-26(9-11-27)17(29)22-4/h5-7,12,24H,8-11H2,1-4H3,(H,22,29). The first kappa shape index (κ1) is 20.4. The minimum Gasteiger partial charge on any atom is -0.364 e. The van der Waals surface area contributed by atoms with Gasteiger partial charge in [0.25, 0.3) is 0 Å². The molecule has 0 spiro atoms. The maximum absolute atomic E-state index is 13.8. The molecule has 2 amide bonds. The second kappa shape index (κ2) is 7.75. The molecule has 1 aromatic carbocycles. The zero-order valence-corrected chi connectivity index (χ0v) is 18.4. The van der Waals surface area contributed by atoms with E-state index in [0.717, 1.165) is 15.9 Å². The van der Waals surface area contributed by atoms with Crippen molar-refractivity contribution < 1.29 is 9.18 Å². The topological polar surface area (TPSA) is 77.8 Å². The van der Waals surface area contributed by atoms with Crippen LogP contribution >= 0.6 is 11.3 Å². The van der Waals surface area contributed by atoms with Crippen LogP contribution in [-0.4, -0.2) is 64.3 Å². The molecular formula is C20H26FN7OS. The maximum atomic E-state index is 13.8. The molecule has 0 saturated carbocycles. The average Bonchev–Trinajstić information content (AvgIpc) is 3.26. The first-order chi connectivity index (χ1) is 14.2. The highest BCUT2D eigenvalue weighted by molar-refractivity contribution is 7.20. The Morgan fingerprint density at radius 3 is 2.57 bits per heavy atom. The molecule has 10 heteroatoms. The third-order valence-corrected chi connectivity index (χ3v) is 5.80. The number of halogens is 1. The normalized spacial score (nSPS) is 15.0. The van der Waals surface area contributed by atoms with Gasteiger partial charge in [-0.25, -0.2) is 14.2 Å². The van der Waals surface area contributed by atoms with Crippen LogP contribution in [-0.2, 0) is 0 Å². The summed E-state index contributed by atoms with van der Waals surface area (Å²) < 4.78 is 15.6. The van der Waals surface area contributed by atoms with Gasteiger partial charge < -0.3 is 20.4 Å². The van der Waals surface area contributed by atoms with Gasteiger partial charge in [0.2, 0.25) is 10.1 Å². The number of imidazole rings is 1. The van der Waals surface area contributed by atoms with E-state index in [1.54, 1.807) is 22.5 Å². The molecule has 0 atom stereocenters. The summed E-state index contributed by atoms with van der Waals surface area (Å²) in [7, 11) is 1.64. The Bertz CT molecular complexity index is 1060. The summed E-state index contributed by atoms with van der Waals surface area (Å²) in [4.78, 5) is 21.3. The lowest BCUT2D eigenvalue weighted by Crippen LogP contribution is -2.51. The van der Waals surface area contributed by atoms with Crippen molar-refractivity contribution in [3.05, 3.63) is 30.1 Å². The van der Waals surface area contributed by atoms with E-state index in [4.69, 9.17) is 10.1 Å². The van der Waals surface area contributed by atoms with Gasteiger partial charge in [0.05, 0.1) is 0 Å². The van der Waals surface area contributed by atoms with E-state index < -0.39 is 0 Å². The fourth-order valence-corrected chi connectivity index (χ4v) is 4.38. The van der Waals surface area contributed by atoms with E-state index in [1.165, 1.54) is 23.5 Å². The number of rotatable bonds is 3. The number of carbonyl (C=O) groups excluding carboxylic acids is 1. The number of piperazine rings is 1. The van der Waals surface area contributed by atoms with Crippen molar-refractivity contribution in [3.63, 3.8) is 0 Å². The van der Waals surface area contributed by atoms with Crippen molar-refractivity contribution in [2.24, 2.45) is 0 Å². The van der Waals surface area contributed by atoms with Crippen LogP contribution in [0.2, 0.25) is 0 Å². The molecule has 30 heavy (non-hydrogen) atoms. The van der Waals surface area contributed by atoms with Gasteiger partial charge in [0, 0.05) is 44.3 Å². The van der Waals surface area contributed by atoms with Crippen molar-refractivity contribution in [1.29, 1.82) is 0 Å². The Morgan fingerprint density at radius 2 is 1.93 bits per heavy atom. The Labute approximate surface area is 178 Å². The van der Waals surface area contributed by atoms with Gasteiger partial charge in [-0.2, -0.15) is 4.52 Å². The minimum absolute atomic E-state index is 0.0556. The van der Waals surface area contributed by atoms with Crippen LogP contribution in [0.1, 0.15) is 20.8 Å². The number of hydrogen-bond acceptors (Lipinski definition) is 6. The first-order valence-electron chi connectivity index (χ1n) is 9.90. The largest absolute Gasteiger partial charge is 0.364 e. The van der Waals surface area contributed by atoms with Crippen molar-refractivity contribution in [2.45, 2.75) is 26.3 Å². The molecule has 3 heterocycles. The SMILES string of the molecule is CNC(=O)N1CCN(c2nn3c(NC(C)(C)C)c(-c4cccc(F)c4)nc3s2)CC1. The zero-order valence-electron chi connectivity index (χ0n) is 17.6. The number of benzene rings is 1. The summed E-state index contributed by atoms with van der Waals surface area (Å²) in [5, 5.41) is 11.8. The highest BCUT2D eigenvalue weighted by Gasteiger charge is 2.26. The third-order valence-electron chi connectivity index (χ3n) is 4.84. The predicted molar refractivity (Wildman–Crippen MR) is 118 cm³/mol. The van der Waals surface area contributed by atoms with Gasteiger partial charge in [-0.05, 0) is 32.9 Å². The van der Waals surface area contributed by atoms with Crippen LogP contribution in [0, 0.1) is 5.82 Å². The van der Waals surface area contributed by atoms with Crippen molar-refractivity contribution >= 4 is 33.3 Å². The molecule has 3 aromatic rings. The number of carbonyl (C=O) groups is 1. The highest BCUT2D eigenvalue weighted by Crippen LogP contribution is 2.35. The molecule has 1 saturated heterocycles. The van der Waals surface area contributed by atoms with Crippen LogP contribution in [0.25, 0.3) is 16.2 Å². The van der Waals surface area contributed by atoms with E-state index in [1.807, 2.05) is 6.07 Å². The lowest BCUT2D eigenvalue weighted by atomic mass is 10.1. The lowest BCUT2D eigenvalue weighted by Gasteiger charge is -2.33. The maximum Gasteiger partial charge on any atom is 0.317 e. The molecule has 2 aromatic heterocycles. The molecule has 4 rings (SSSR count). The van der Waals surface area contributed by atoms with Crippen LogP contribution in [0.15, 0.2) is 24.3 Å². The number of anilines is 2.